The van der Waals surface area contributed by atoms with Gasteiger partial charge in [-0.2, -0.15) is 4.31 Å². The lowest BCUT2D eigenvalue weighted by molar-refractivity contribution is -0.134. The molecule has 3 aliphatic heterocycles. The van der Waals surface area contributed by atoms with Gasteiger partial charge in [0.1, 0.15) is 12.1 Å². The summed E-state index contributed by atoms with van der Waals surface area (Å²) in [5.74, 6) is -0.867. The van der Waals surface area contributed by atoms with Gasteiger partial charge in [-0.3, -0.25) is 14.5 Å². The number of hydrogen-bond donors (Lipinski definition) is 1. The van der Waals surface area contributed by atoms with Crippen molar-refractivity contribution in [3.63, 3.8) is 0 Å². The molecule has 0 aliphatic carbocycles. The number of imide groups is 1. The van der Waals surface area contributed by atoms with Crippen molar-refractivity contribution in [1.82, 2.24) is 14.5 Å². The van der Waals surface area contributed by atoms with Gasteiger partial charge in [0.2, 0.25) is 15.9 Å². The van der Waals surface area contributed by atoms with E-state index in [9.17, 15) is 22.8 Å². The topological polar surface area (TPSA) is 107 Å². The van der Waals surface area contributed by atoms with Crippen LogP contribution in [0.5, 0.6) is 0 Å². The van der Waals surface area contributed by atoms with Crippen LogP contribution < -0.4 is 10.2 Å². The minimum atomic E-state index is -3.56. The van der Waals surface area contributed by atoms with E-state index in [-0.39, 0.29) is 17.3 Å². The fraction of sp³-hybridized carbons (Fsp3) is 0.400. The van der Waals surface area contributed by atoms with E-state index in [0.29, 0.717) is 43.7 Å². The number of aryl methyl sites for hydroxylation is 1. The number of benzene rings is 2. The molecule has 2 fully saturated rings. The zero-order valence-corrected chi connectivity index (χ0v) is 20.4. The first-order valence-corrected chi connectivity index (χ1v) is 13.3. The third-order valence-electron chi connectivity index (χ3n) is 7.09. The number of fused-ring (bicyclic) bond motifs is 1. The van der Waals surface area contributed by atoms with Crippen LogP contribution in [0.25, 0.3) is 0 Å². The highest BCUT2D eigenvalue weighted by atomic mass is 32.2. The van der Waals surface area contributed by atoms with Crippen molar-refractivity contribution >= 4 is 33.6 Å². The van der Waals surface area contributed by atoms with Crippen molar-refractivity contribution in [1.29, 1.82) is 0 Å². The van der Waals surface area contributed by atoms with Crippen LogP contribution in [0.1, 0.15) is 37.3 Å². The van der Waals surface area contributed by atoms with Gasteiger partial charge in [0.15, 0.2) is 0 Å². The van der Waals surface area contributed by atoms with Crippen molar-refractivity contribution in [2.75, 3.05) is 31.1 Å². The fourth-order valence-electron chi connectivity index (χ4n) is 5.10. The van der Waals surface area contributed by atoms with Crippen molar-refractivity contribution in [3.05, 3.63) is 59.7 Å². The molecular formula is C25H28N4O5S. The molecule has 1 atom stereocenters. The Morgan fingerprint density at radius 2 is 1.71 bits per heavy atom. The first-order valence-electron chi connectivity index (χ1n) is 11.8. The number of carbonyl (C=O) groups excluding carboxylic acids is 3. The van der Waals surface area contributed by atoms with Crippen LogP contribution in [0.3, 0.4) is 0 Å². The molecule has 3 heterocycles. The minimum absolute atomic E-state index is 0.236. The number of anilines is 1. The van der Waals surface area contributed by atoms with E-state index in [1.54, 1.807) is 48.2 Å². The molecule has 2 saturated heterocycles. The number of nitrogens with zero attached hydrogens (tertiary/aromatic N) is 3. The lowest BCUT2D eigenvalue weighted by Crippen LogP contribution is -2.46. The predicted molar refractivity (Wildman–Crippen MR) is 129 cm³/mol. The Balaban J connectivity index is 1.36. The zero-order chi connectivity index (χ0) is 24.8. The molecule has 2 aromatic carbocycles. The summed E-state index contributed by atoms with van der Waals surface area (Å²) >= 11 is 0. The SMILES string of the molecule is C[C@]1(c2ccccc2)NC(=O)N(CC(=O)N2CCCc3cc(S(=O)(=O)N4CCCC4)ccc32)C1=O. The van der Waals surface area contributed by atoms with Crippen LogP contribution in [-0.4, -0.2) is 61.6 Å². The number of sulfonamides is 1. The maximum absolute atomic E-state index is 13.3. The van der Waals surface area contributed by atoms with E-state index in [2.05, 4.69) is 5.32 Å². The molecule has 0 unspecified atom stereocenters. The van der Waals surface area contributed by atoms with Gasteiger partial charge in [-0.15, -0.1) is 0 Å². The molecule has 0 aromatic heterocycles. The van der Waals surface area contributed by atoms with E-state index >= 15 is 0 Å². The average molecular weight is 497 g/mol. The Morgan fingerprint density at radius 3 is 2.43 bits per heavy atom. The van der Waals surface area contributed by atoms with Crippen molar-refractivity contribution in [2.45, 2.75) is 43.0 Å². The van der Waals surface area contributed by atoms with Crippen LogP contribution in [0.4, 0.5) is 10.5 Å². The highest BCUT2D eigenvalue weighted by Crippen LogP contribution is 2.33. The molecule has 3 aliphatic rings. The van der Waals surface area contributed by atoms with Gasteiger partial charge in [0.25, 0.3) is 5.91 Å². The average Bonchev–Trinajstić information content (AvgIpc) is 3.48. The van der Waals surface area contributed by atoms with E-state index < -0.39 is 27.5 Å². The first-order chi connectivity index (χ1) is 16.7. The van der Waals surface area contributed by atoms with Crippen molar-refractivity contribution in [2.24, 2.45) is 0 Å². The molecule has 184 valence electrons. The molecule has 5 rings (SSSR count). The molecule has 2 aromatic rings. The zero-order valence-electron chi connectivity index (χ0n) is 19.6. The Labute approximate surface area is 204 Å². The summed E-state index contributed by atoms with van der Waals surface area (Å²) in [5.41, 5.74) is 0.802. The van der Waals surface area contributed by atoms with E-state index in [1.807, 2.05) is 6.07 Å². The number of rotatable bonds is 5. The lowest BCUT2D eigenvalue weighted by Gasteiger charge is -2.31. The monoisotopic (exact) mass is 496 g/mol. The van der Waals surface area contributed by atoms with Crippen LogP contribution in [-0.2, 0) is 31.6 Å². The van der Waals surface area contributed by atoms with Gasteiger partial charge in [0, 0.05) is 25.3 Å². The molecule has 9 nitrogen and oxygen atoms in total. The second-order valence-electron chi connectivity index (χ2n) is 9.36. The van der Waals surface area contributed by atoms with Crippen LogP contribution in [0, 0.1) is 0 Å². The summed E-state index contributed by atoms with van der Waals surface area (Å²) in [7, 11) is -3.56. The highest BCUT2D eigenvalue weighted by molar-refractivity contribution is 7.89. The molecular weight excluding hydrogens is 468 g/mol. The van der Waals surface area contributed by atoms with Crippen molar-refractivity contribution < 1.29 is 22.8 Å². The maximum Gasteiger partial charge on any atom is 0.325 e. The third-order valence-corrected chi connectivity index (χ3v) is 8.99. The third kappa shape index (κ3) is 4.00. The quantitative estimate of drug-likeness (QED) is 0.639. The standard InChI is InChI=1S/C25H28N4O5S/c1-25(19-9-3-2-4-10-19)23(31)29(24(32)26-25)17-22(30)28-15-7-8-18-16-20(11-12-21(18)28)35(33,34)27-13-5-6-14-27/h2-4,9-12,16H,5-8,13-15,17H2,1H3,(H,26,32)/t25-/m1/s1. The van der Waals surface area contributed by atoms with Gasteiger partial charge in [-0.1, -0.05) is 30.3 Å². The minimum Gasteiger partial charge on any atom is -0.319 e. The second kappa shape index (κ2) is 8.76. The second-order valence-corrected chi connectivity index (χ2v) is 11.3. The Hall–Kier alpha value is -3.24. The lowest BCUT2D eigenvalue weighted by atomic mass is 9.92. The maximum atomic E-state index is 13.3. The van der Waals surface area contributed by atoms with E-state index in [4.69, 9.17) is 0 Å². The number of nitrogens with one attached hydrogen (secondary N) is 1. The smallest absolute Gasteiger partial charge is 0.319 e. The Bertz CT molecular complexity index is 1290. The number of hydrogen-bond acceptors (Lipinski definition) is 5. The van der Waals surface area contributed by atoms with Gasteiger partial charge in [-0.25, -0.2) is 13.2 Å². The summed E-state index contributed by atoms with van der Waals surface area (Å²) in [6.07, 6.45) is 3.03. The Kier molecular flexibility index (Phi) is 5.88. The largest absolute Gasteiger partial charge is 0.325 e. The van der Waals surface area contributed by atoms with Crippen LogP contribution in [0.15, 0.2) is 53.4 Å². The molecule has 4 amide bonds. The molecule has 0 radical (unpaired) electrons. The van der Waals surface area contributed by atoms with E-state index in [0.717, 1.165) is 23.3 Å². The number of amides is 4. The highest BCUT2D eigenvalue weighted by Gasteiger charge is 2.49. The molecule has 10 heteroatoms. The first kappa shape index (κ1) is 23.5. The van der Waals surface area contributed by atoms with Crippen molar-refractivity contribution in [3.8, 4) is 0 Å². The predicted octanol–water partition coefficient (Wildman–Crippen LogP) is 2.22. The summed E-state index contributed by atoms with van der Waals surface area (Å²) in [4.78, 5) is 41.9. The molecule has 0 bridgehead atoms. The molecule has 0 saturated carbocycles. The number of carbonyl (C=O) groups is 3. The molecule has 0 spiro atoms. The summed E-state index contributed by atoms with van der Waals surface area (Å²) in [6.45, 7) is 2.73. The fourth-order valence-corrected chi connectivity index (χ4v) is 6.67. The summed E-state index contributed by atoms with van der Waals surface area (Å²) in [6, 6.07) is 13.2. The number of urea groups is 1. The summed E-state index contributed by atoms with van der Waals surface area (Å²) < 4.78 is 27.4. The van der Waals surface area contributed by atoms with Gasteiger partial charge >= 0.3 is 6.03 Å². The molecule has 1 N–H and O–H groups in total. The molecule has 35 heavy (non-hydrogen) atoms. The van der Waals surface area contributed by atoms with E-state index in [1.165, 1.54) is 10.4 Å². The van der Waals surface area contributed by atoms with Gasteiger partial charge in [-0.05, 0) is 61.9 Å². The Morgan fingerprint density at radius 1 is 1.00 bits per heavy atom. The summed E-state index contributed by atoms with van der Waals surface area (Å²) in [5, 5.41) is 2.72. The van der Waals surface area contributed by atoms with Gasteiger partial charge < -0.3 is 10.2 Å². The van der Waals surface area contributed by atoms with Crippen LogP contribution in [0.2, 0.25) is 0 Å². The van der Waals surface area contributed by atoms with Gasteiger partial charge in [0.05, 0.1) is 4.90 Å². The normalized spacial score (nSPS) is 22.9. The van der Waals surface area contributed by atoms with Crippen LogP contribution >= 0.6 is 0 Å².